The third kappa shape index (κ3) is 11.6. The number of amides is 7. The molecule has 62 heavy (non-hydrogen) atoms. The summed E-state index contributed by atoms with van der Waals surface area (Å²) in [5, 5.41) is 12.5. The minimum Gasteiger partial charge on any atom is -0.361 e. The Labute approximate surface area is 367 Å². The van der Waals surface area contributed by atoms with Crippen LogP contribution >= 0.6 is 11.8 Å². The fourth-order valence-electron chi connectivity index (χ4n) is 9.24. The molecule has 6 rings (SSSR count). The van der Waals surface area contributed by atoms with Crippen LogP contribution in [0, 0.1) is 5.92 Å². The van der Waals surface area contributed by atoms with E-state index in [2.05, 4.69) is 26.3 Å². The highest BCUT2D eigenvalue weighted by Gasteiger charge is 2.46. The number of nitrogens with two attached hydrogens (primary N) is 1. The quantitative estimate of drug-likeness (QED) is 0.140. The zero-order valence-electron chi connectivity index (χ0n) is 35.9. The van der Waals surface area contributed by atoms with Gasteiger partial charge in [-0.25, -0.2) is 0 Å². The monoisotopic (exact) mass is 870 g/mol. The molecule has 2 aromatic carbocycles. The molecule has 2 saturated heterocycles. The lowest BCUT2D eigenvalue weighted by atomic mass is 9.84. The standard InChI is InChI=1S/C46H62N8O7S/c1-29(55)49-38(26-31-15-7-4-8-16-31)45(60)54-40(19-11-22-47)46(61)53-23-12-20-39(53)43(58)52-36(25-30-13-5-3-6-14-30)41(56)51-37(42(57)50-35(44(54)59)21-24-62-2)27-32-28-48-34-18-10-9-17-33(32)34/h4,7-10,15-18,28,30,35-40,48H,3,5-6,11-14,19-27,47H2,1-2H3,(H,49,55)(H,50,57)(H,51,56)(H,52,58)/t35-,36-,37-,38-,39-,40-/m0/s1. The normalized spacial score (nSPS) is 23.8. The Hall–Kier alpha value is -5.22. The first-order valence-corrected chi connectivity index (χ1v) is 23.5. The highest BCUT2D eigenvalue weighted by atomic mass is 32.2. The summed E-state index contributed by atoms with van der Waals surface area (Å²) >= 11 is 1.44. The molecule has 7 amide bonds. The molecule has 2 aliphatic heterocycles. The van der Waals surface area contributed by atoms with Crippen LogP contribution in [0.5, 0.6) is 0 Å². The van der Waals surface area contributed by atoms with E-state index in [1.54, 1.807) is 30.5 Å². The predicted octanol–water partition coefficient (Wildman–Crippen LogP) is 3.10. The van der Waals surface area contributed by atoms with Crippen LogP contribution in [-0.2, 0) is 46.4 Å². The van der Waals surface area contributed by atoms with Crippen LogP contribution in [0.25, 0.3) is 10.9 Å². The first-order chi connectivity index (χ1) is 30.0. The average Bonchev–Trinajstić information content (AvgIpc) is 3.93. The Bertz CT molecular complexity index is 2060. The number of imide groups is 1. The molecule has 16 heteroatoms. The summed E-state index contributed by atoms with van der Waals surface area (Å²) in [5.74, 6) is -3.93. The van der Waals surface area contributed by atoms with E-state index in [0.29, 0.717) is 30.6 Å². The van der Waals surface area contributed by atoms with Crippen LogP contribution in [0.2, 0.25) is 0 Å². The smallest absolute Gasteiger partial charge is 0.252 e. The van der Waals surface area contributed by atoms with Crippen LogP contribution in [0.1, 0.15) is 88.7 Å². The van der Waals surface area contributed by atoms with Gasteiger partial charge in [-0.3, -0.25) is 38.5 Å². The fraction of sp³-hybridized carbons (Fsp3) is 0.543. The van der Waals surface area contributed by atoms with Gasteiger partial charge in [-0.2, -0.15) is 11.8 Å². The number of aromatic amines is 1. The van der Waals surface area contributed by atoms with E-state index in [0.717, 1.165) is 53.5 Å². The molecule has 334 valence electrons. The second-order valence-corrected chi connectivity index (χ2v) is 17.9. The Kier molecular flexibility index (Phi) is 16.6. The van der Waals surface area contributed by atoms with Crippen LogP contribution in [0.15, 0.2) is 60.8 Å². The zero-order valence-corrected chi connectivity index (χ0v) is 36.7. The second kappa shape index (κ2) is 22.2. The maximum absolute atomic E-state index is 15.3. The molecule has 1 aromatic heterocycles. The van der Waals surface area contributed by atoms with Crippen LogP contribution < -0.4 is 27.0 Å². The van der Waals surface area contributed by atoms with Gasteiger partial charge in [0.05, 0.1) is 0 Å². The van der Waals surface area contributed by atoms with Crippen LogP contribution in [0.3, 0.4) is 0 Å². The molecule has 1 aliphatic carbocycles. The van der Waals surface area contributed by atoms with Crippen LogP contribution in [0.4, 0.5) is 0 Å². The Morgan fingerprint density at radius 1 is 0.823 bits per heavy atom. The highest BCUT2D eigenvalue weighted by molar-refractivity contribution is 7.98. The van der Waals surface area contributed by atoms with Gasteiger partial charge in [0.25, 0.3) is 11.8 Å². The molecule has 3 aliphatic rings. The summed E-state index contributed by atoms with van der Waals surface area (Å²) in [4.78, 5) is 108. The van der Waals surface area contributed by atoms with Gasteiger partial charge in [0, 0.05) is 43.4 Å². The molecular formula is C46H62N8O7S. The van der Waals surface area contributed by atoms with Crippen molar-refractivity contribution >= 4 is 64.0 Å². The van der Waals surface area contributed by atoms with Gasteiger partial charge in [-0.1, -0.05) is 80.6 Å². The van der Waals surface area contributed by atoms with Gasteiger partial charge in [0.2, 0.25) is 29.5 Å². The fourth-order valence-corrected chi connectivity index (χ4v) is 9.71. The van der Waals surface area contributed by atoms with E-state index in [4.69, 9.17) is 5.73 Å². The van der Waals surface area contributed by atoms with E-state index in [1.165, 1.54) is 23.6 Å². The third-order valence-electron chi connectivity index (χ3n) is 12.4. The molecule has 6 atom stereocenters. The number of hydrogen-bond donors (Lipinski definition) is 6. The van der Waals surface area contributed by atoms with E-state index >= 15 is 14.4 Å². The molecule has 3 fully saturated rings. The highest BCUT2D eigenvalue weighted by Crippen LogP contribution is 2.29. The van der Waals surface area contributed by atoms with Crippen molar-refractivity contribution in [2.75, 3.05) is 25.1 Å². The number of rotatable bonds is 14. The zero-order chi connectivity index (χ0) is 44.2. The molecule has 0 radical (unpaired) electrons. The lowest BCUT2D eigenvalue weighted by Crippen LogP contribution is -2.63. The van der Waals surface area contributed by atoms with Crippen molar-refractivity contribution in [1.82, 2.24) is 36.1 Å². The summed E-state index contributed by atoms with van der Waals surface area (Å²) in [6.07, 6.45) is 10.1. The second-order valence-electron chi connectivity index (χ2n) is 16.9. The molecule has 15 nitrogen and oxygen atoms in total. The molecule has 3 aromatic rings. The van der Waals surface area contributed by atoms with Crippen molar-refractivity contribution in [2.24, 2.45) is 11.7 Å². The van der Waals surface area contributed by atoms with Crippen molar-refractivity contribution in [2.45, 2.75) is 127 Å². The average molecular weight is 871 g/mol. The molecule has 3 heterocycles. The SMILES string of the molecule is CSCC[C@@H]1NC(=O)[C@H](Cc2c[nH]c3ccccc23)NC(=O)[C@H](CC2CCCCC2)NC(=O)[C@@H]2CCCN2C(=O)[C@H](CCCN)N(C(=O)[C@H](Cc2ccccc2)NC(C)=O)C1=O. The number of carbonyl (C=O) groups excluding carboxylic acids is 7. The summed E-state index contributed by atoms with van der Waals surface area (Å²) in [6.45, 7) is 1.60. The van der Waals surface area contributed by atoms with Crippen molar-refractivity contribution < 1.29 is 33.6 Å². The molecule has 0 spiro atoms. The van der Waals surface area contributed by atoms with Crippen molar-refractivity contribution in [3.8, 4) is 0 Å². The predicted molar refractivity (Wildman–Crippen MR) is 238 cm³/mol. The van der Waals surface area contributed by atoms with Gasteiger partial charge in [-0.05, 0) is 80.2 Å². The number of benzene rings is 2. The number of H-pyrrole nitrogens is 1. The topological polar surface area (TPSA) is 216 Å². The number of carbonyl (C=O) groups is 7. The molecule has 7 N–H and O–H groups in total. The minimum atomic E-state index is -1.42. The lowest BCUT2D eigenvalue weighted by molar-refractivity contribution is -0.159. The first-order valence-electron chi connectivity index (χ1n) is 22.1. The summed E-state index contributed by atoms with van der Waals surface area (Å²) in [6, 6.07) is 9.43. The number of fused-ring (bicyclic) bond motifs is 2. The van der Waals surface area contributed by atoms with Gasteiger partial charge in [0.15, 0.2) is 0 Å². The van der Waals surface area contributed by atoms with E-state index in [9.17, 15) is 19.2 Å². The number of nitrogens with one attached hydrogen (secondary N) is 5. The Balaban J connectivity index is 1.47. The molecular weight excluding hydrogens is 809 g/mol. The van der Waals surface area contributed by atoms with Crippen molar-refractivity contribution in [3.63, 3.8) is 0 Å². The van der Waals surface area contributed by atoms with Crippen molar-refractivity contribution in [3.05, 3.63) is 71.9 Å². The number of aromatic nitrogens is 1. The molecule has 0 unspecified atom stereocenters. The number of thioether (sulfide) groups is 1. The van der Waals surface area contributed by atoms with Gasteiger partial charge in [-0.15, -0.1) is 0 Å². The van der Waals surface area contributed by atoms with Gasteiger partial charge in [0.1, 0.15) is 36.3 Å². The van der Waals surface area contributed by atoms with Gasteiger partial charge >= 0.3 is 0 Å². The maximum atomic E-state index is 15.3. The Morgan fingerprint density at radius 3 is 2.24 bits per heavy atom. The Morgan fingerprint density at radius 2 is 1.52 bits per heavy atom. The third-order valence-corrected chi connectivity index (χ3v) is 13.1. The summed E-state index contributed by atoms with van der Waals surface area (Å²) < 4.78 is 0. The van der Waals surface area contributed by atoms with Crippen LogP contribution in [-0.4, -0.2) is 117 Å². The largest absolute Gasteiger partial charge is 0.361 e. The molecule has 1 saturated carbocycles. The summed E-state index contributed by atoms with van der Waals surface area (Å²) in [5.41, 5.74) is 8.32. The van der Waals surface area contributed by atoms with E-state index in [1.807, 2.05) is 36.6 Å². The number of nitrogens with zero attached hydrogens (tertiary/aromatic N) is 2. The summed E-state index contributed by atoms with van der Waals surface area (Å²) in [7, 11) is 0. The van der Waals surface area contributed by atoms with Gasteiger partial charge < -0.3 is 36.9 Å². The maximum Gasteiger partial charge on any atom is 0.252 e. The van der Waals surface area contributed by atoms with E-state index < -0.39 is 77.6 Å². The number of hydrogen-bond acceptors (Lipinski definition) is 9. The van der Waals surface area contributed by atoms with Crippen molar-refractivity contribution in [1.29, 1.82) is 0 Å². The lowest BCUT2D eigenvalue weighted by Gasteiger charge is -2.37. The minimum absolute atomic E-state index is 0.0124. The molecule has 0 bridgehead atoms. The van der Waals surface area contributed by atoms with E-state index in [-0.39, 0.29) is 51.1 Å². The number of para-hydroxylation sites is 1. The first kappa shape index (κ1) is 46.3.